The first-order chi connectivity index (χ1) is 6.38. The summed E-state index contributed by atoms with van der Waals surface area (Å²) in [6.07, 6.45) is 7.93. The molecule has 0 unspecified atom stereocenters. The number of hydrogen-bond acceptors (Lipinski definition) is 2. The average molecular weight is 175 g/mol. The van der Waals surface area contributed by atoms with Gasteiger partial charge in [-0.2, -0.15) is 0 Å². The number of hydrogen-bond donors (Lipinski definition) is 0. The third kappa shape index (κ3) is 1.77. The normalized spacial score (nSPS) is 17.5. The molecular weight excluding hydrogens is 162 g/mol. The van der Waals surface area contributed by atoms with Crippen LogP contribution in [0.15, 0.2) is 24.5 Å². The van der Waals surface area contributed by atoms with E-state index in [4.69, 9.17) is 0 Å². The van der Waals surface area contributed by atoms with Gasteiger partial charge in [-0.15, -0.1) is 0 Å². The monoisotopic (exact) mass is 175 g/mol. The van der Waals surface area contributed by atoms with Gasteiger partial charge in [-0.1, -0.05) is 12.8 Å². The molecule has 1 aromatic heterocycles. The van der Waals surface area contributed by atoms with E-state index in [2.05, 4.69) is 4.98 Å². The van der Waals surface area contributed by atoms with Gasteiger partial charge in [-0.05, 0) is 25.0 Å². The molecule has 2 nitrogen and oxygen atoms in total. The number of carbonyl (C=O) groups is 1. The Bertz CT molecular complexity index is 288. The van der Waals surface area contributed by atoms with E-state index in [0.717, 1.165) is 18.4 Å². The maximum Gasteiger partial charge on any atom is 0.166 e. The van der Waals surface area contributed by atoms with Crippen LogP contribution in [0.5, 0.6) is 0 Å². The molecule has 0 atom stereocenters. The fourth-order valence-corrected chi connectivity index (χ4v) is 1.94. The van der Waals surface area contributed by atoms with E-state index in [9.17, 15) is 4.79 Å². The topological polar surface area (TPSA) is 30.0 Å². The highest BCUT2D eigenvalue weighted by Crippen LogP contribution is 2.27. The molecule has 1 aromatic rings. The second-order valence-corrected chi connectivity index (χ2v) is 3.58. The van der Waals surface area contributed by atoms with Gasteiger partial charge >= 0.3 is 0 Å². The quantitative estimate of drug-likeness (QED) is 0.646. The van der Waals surface area contributed by atoms with Gasteiger partial charge in [0.2, 0.25) is 0 Å². The van der Waals surface area contributed by atoms with E-state index in [0.29, 0.717) is 5.78 Å². The maximum atomic E-state index is 11.8. The van der Waals surface area contributed by atoms with E-state index in [1.807, 2.05) is 0 Å². The molecule has 2 rings (SSSR count). The van der Waals surface area contributed by atoms with Gasteiger partial charge < -0.3 is 0 Å². The zero-order valence-electron chi connectivity index (χ0n) is 7.57. The van der Waals surface area contributed by atoms with Crippen molar-refractivity contribution in [1.82, 2.24) is 4.98 Å². The van der Waals surface area contributed by atoms with E-state index < -0.39 is 0 Å². The molecule has 0 spiro atoms. The summed E-state index contributed by atoms with van der Waals surface area (Å²) in [5.74, 6) is 0.585. The fourth-order valence-electron chi connectivity index (χ4n) is 1.94. The lowest BCUT2D eigenvalue weighted by atomic mass is 9.97. The molecule has 0 saturated heterocycles. The Labute approximate surface area is 78.0 Å². The SMILES string of the molecule is O=C(c1ccncc1)C1CCCC1. The Morgan fingerprint density at radius 1 is 1.23 bits per heavy atom. The number of nitrogens with zero attached hydrogens (tertiary/aromatic N) is 1. The third-order valence-corrected chi connectivity index (χ3v) is 2.69. The highest BCUT2D eigenvalue weighted by atomic mass is 16.1. The lowest BCUT2D eigenvalue weighted by molar-refractivity contribution is 0.0923. The lowest BCUT2D eigenvalue weighted by Gasteiger charge is -2.06. The Hall–Kier alpha value is -1.18. The predicted molar refractivity (Wildman–Crippen MR) is 50.5 cm³/mol. The van der Waals surface area contributed by atoms with Crippen LogP contribution in [-0.2, 0) is 0 Å². The van der Waals surface area contributed by atoms with Crippen molar-refractivity contribution < 1.29 is 4.79 Å². The summed E-state index contributed by atoms with van der Waals surface area (Å²) >= 11 is 0. The molecule has 1 heterocycles. The molecule has 13 heavy (non-hydrogen) atoms. The fraction of sp³-hybridized carbons (Fsp3) is 0.455. The van der Waals surface area contributed by atoms with Crippen LogP contribution in [0, 0.1) is 5.92 Å². The first-order valence-electron chi connectivity index (χ1n) is 4.82. The van der Waals surface area contributed by atoms with Crippen molar-refractivity contribution >= 4 is 5.78 Å². The van der Waals surface area contributed by atoms with E-state index in [1.165, 1.54) is 12.8 Å². The van der Waals surface area contributed by atoms with E-state index >= 15 is 0 Å². The van der Waals surface area contributed by atoms with Crippen molar-refractivity contribution in [2.24, 2.45) is 5.92 Å². The molecule has 0 radical (unpaired) electrons. The molecule has 0 aromatic carbocycles. The van der Waals surface area contributed by atoms with Crippen molar-refractivity contribution in [2.75, 3.05) is 0 Å². The molecule has 1 aliphatic rings. The van der Waals surface area contributed by atoms with Crippen LogP contribution in [-0.4, -0.2) is 10.8 Å². The van der Waals surface area contributed by atoms with Gasteiger partial charge in [0.1, 0.15) is 0 Å². The Morgan fingerprint density at radius 2 is 1.85 bits per heavy atom. The van der Waals surface area contributed by atoms with Crippen molar-refractivity contribution in [3.05, 3.63) is 30.1 Å². The van der Waals surface area contributed by atoms with Crippen LogP contribution < -0.4 is 0 Å². The third-order valence-electron chi connectivity index (χ3n) is 2.69. The van der Waals surface area contributed by atoms with Gasteiger partial charge in [0.25, 0.3) is 0 Å². The van der Waals surface area contributed by atoms with Gasteiger partial charge in [0, 0.05) is 23.9 Å². The predicted octanol–water partition coefficient (Wildman–Crippen LogP) is 2.45. The molecule has 1 aliphatic carbocycles. The van der Waals surface area contributed by atoms with Crippen molar-refractivity contribution in [2.45, 2.75) is 25.7 Å². The van der Waals surface area contributed by atoms with Crippen LogP contribution in [0.1, 0.15) is 36.0 Å². The molecule has 0 aliphatic heterocycles. The zero-order chi connectivity index (χ0) is 9.10. The van der Waals surface area contributed by atoms with Crippen LogP contribution in [0.4, 0.5) is 0 Å². The van der Waals surface area contributed by atoms with Gasteiger partial charge in [-0.25, -0.2) is 0 Å². The minimum Gasteiger partial charge on any atom is -0.294 e. The summed E-state index contributed by atoms with van der Waals surface area (Å²) < 4.78 is 0. The highest BCUT2D eigenvalue weighted by molar-refractivity contribution is 5.97. The van der Waals surface area contributed by atoms with Crippen LogP contribution in [0.2, 0.25) is 0 Å². The maximum absolute atomic E-state index is 11.8. The minimum atomic E-state index is 0.280. The second kappa shape index (κ2) is 3.69. The van der Waals surface area contributed by atoms with Gasteiger partial charge in [-0.3, -0.25) is 9.78 Å². The summed E-state index contributed by atoms with van der Waals surface area (Å²) in [4.78, 5) is 15.7. The molecule has 1 fully saturated rings. The number of carbonyl (C=O) groups excluding carboxylic acids is 1. The van der Waals surface area contributed by atoms with E-state index in [-0.39, 0.29) is 5.92 Å². The Balaban J connectivity index is 2.13. The summed E-state index contributed by atoms with van der Waals surface area (Å²) in [7, 11) is 0. The second-order valence-electron chi connectivity index (χ2n) is 3.58. The largest absolute Gasteiger partial charge is 0.294 e. The number of rotatable bonds is 2. The van der Waals surface area contributed by atoms with Gasteiger partial charge in [0.15, 0.2) is 5.78 Å². The van der Waals surface area contributed by atoms with Crippen molar-refractivity contribution in [1.29, 1.82) is 0 Å². The molecular formula is C11H13NO. The lowest BCUT2D eigenvalue weighted by Crippen LogP contribution is -2.10. The Kier molecular flexibility index (Phi) is 2.39. The Morgan fingerprint density at radius 3 is 2.46 bits per heavy atom. The summed E-state index contributed by atoms with van der Waals surface area (Å²) in [5, 5.41) is 0. The molecule has 0 bridgehead atoms. The standard InChI is InChI=1S/C11H13NO/c13-11(9-3-1-2-4-9)10-5-7-12-8-6-10/h5-9H,1-4H2. The molecule has 68 valence electrons. The molecule has 2 heteroatoms. The first-order valence-corrected chi connectivity index (χ1v) is 4.82. The minimum absolute atomic E-state index is 0.280. The summed E-state index contributed by atoms with van der Waals surface area (Å²) in [6, 6.07) is 3.61. The molecule has 1 saturated carbocycles. The van der Waals surface area contributed by atoms with Gasteiger partial charge in [0.05, 0.1) is 0 Å². The van der Waals surface area contributed by atoms with Crippen molar-refractivity contribution in [3.8, 4) is 0 Å². The molecule has 0 amide bonds. The summed E-state index contributed by atoms with van der Waals surface area (Å²) in [5.41, 5.74) is 0.821. The number of ketones is 1. The van der Waals surface area contributed by atoms with Crippen LogP contribution in [0.3, 0.4) is 0 Å². The van der Waals surface area contributed by atoms with Crippen LogP contribution in [0.25, 0.3) is 0 Å². The van der Waals surface area contributed by atoms with Crippen LogP contribution >= 0.6 is 0 Å². The van der Waals surface area contributed by atoms with E-state index in [1.54, 1.807) is 24.5 Å². The number of aromatic nitrogens is 1. The van der Waals surface area contributed by atoms with Crippen molar-refractivity contribution in [3.63, 3.8) is 0 Å². The first kappa shape index (κ1) is 8.42. The number of Topliss-reactive ketones (excluding diaryl/α,β-unsaturated/α-hetero) is 1. The zero-order valence-corrected chi connectivity index (χ0v) is 7.57. The number of pyridine rings is 1. The molecule has 0 N–H and O–H groups in total. The summed E-state index contributed by atoms with van der Waals surface area (Å²) in [6.45, 7) is 0. The average Bonchev–Trinajstić information content (AvgIpc) is 2.71. The highest BCUT2D eigenvalue weighted by Gasteiger charge is 2.23. The smallest absolute Gasteiger partial charge is 0.166 e.